The molecule has 0 radical (unpaired) electrons. The summed E-state index contributed by atoms with van der Waals surface area (Å²) in [6.07, 6.45) is 1.53. The first-order valence-electron chi connectivity index (χ1n) is 10.4. The molecule has 2 aromatic carbocycles. The number of rotatable bonds is 6. The second kappa shape index (κ2) is 8.63. The molecule has 0 fully saturated rings. The Balaban J connectivity index is 1.92. The molecule has 0 saturated carbocycles. The quantitative estimate of drug-likeness (QED) is 0.619. The van der Waals surface area contributed by atoms with Crippen LogP contribution in [0.2, 0.25) is 0 Å². The van der Waals surface area contributed by atoms with Crippen molar-refractivity contribution in [3.63, 3.8) is 0 Å². The van der Waals surface area contributed by atoms with Gasteiger partial charge in [-0.1, -0.05) is 30.3 Å². The molecule has 6 nitrogen and oxygen atoms in total. The summed E-state index contributed by atoms with van der Waals surface area (Å²) in [4.78, 5) is 12.6. The SMILES string of the molecule is CC(C)(C)OC(=O)CN(Cc1ccccc1)S(=O)(=O)c1ccc2c(c1)CCC(C)(C)O2. The number of esters is 1. The minimum absolute atomic E-state index is 0.0725. The van der Waals surface area contributed by atoms with E-state index in [4.69, 9.17) is 9.47 Å². The minimum atomic E-state index is -3.94. The molecule has 0 unspecified atom stereocenters. The first kappa shape index (κ1) is 23.3. The van der Waals surface area contributed by atoms with Gasteiger partial charge in [0.25, 0.3) is 0 Å². The summed E-state index contributed by atoms with van der Waals surface area (Å²) in [5.74, 6) is 0.118. The van der Waals surface area contributed by atoms with Gasteiger partial charge in [0.15, 0.2) is 0 Å². The van der Waals surface area contributed by atoms with E-state index in [-0.39, 0.29) is 23.6 Å². The van der Waals surface area contributed by atoms with Gasteiger partial charge in [-0.2, -0.15) is 4.31 Å². The molecule has 0 saturated heterocycles. The predicted molar refractivity (Wildman–Crippen MR) is 119 cm³/mol. The van der Waals surface area contributed by atoms with Crippen molar-refractivity contribution in [3.05, 3.63) is 59.7 Å². The van der Waals surface area contributed by atoms with Crippen molar-refractivity contribution in [2.24, 2.45) is 0 Å². The van der Waals surface area contributed by atoms with E-state index in [1.807, 2.05) is 44.2 Å². The van der Waals surface area contributed by atoms with Crippen molar-refractivity contribution < 1.29 is 22.7 Å². The van der Waals surface area contributed by atoms with Gasteiger partial charge in [-0.05, 0) is 76.8 Å². The Kier molecular flexibility index (Phi) is 6.48. The van der Waals surface area contributed by atoms with E-state index in [2.05, 4.69) is 0 Å². The zero-order valence-electron chi connectivity index (χ0n) is 18.8. The highest BCUT2D eigenvalue weighted by Crippen LogP contribution is 2.35. The van der Waals surface area contributed by atoms with Crippen LogP contribution in [-0.2, 0) is 32.5 Å². The van der Waals surface area contributed by atoms with Crippen LogP contribution >= 0.6 is 0 Å². The molecule has 0 aromatic heterocycles. The summed E-state index contributed by atoms with van der Waals surface area (Å²) < 4.78 is 39.6. The summed E-state index contributed by atoms with van der Waals surface area (Å²) in [7, 11) is -3.94. The molecule has 2 aromatic rings. The van der Waals surface area contributed by atoms with Gasteiger partial charge < -0.3 is 9.47 Å². The van der Waals surface area contributed by atoms with Crippen molar-refractivity contribution in [2.45, 2.75) is 70.1 Å². The van der Waals surface area contributed by atoms with Crippen LogP contribution < -0.4 is 4.74 Å². The fourth-order valence-corrected chi connectivity index (χ4v) is 4.90. The van der Waals surface area contributed by atoms with E-state index in [1.165, 1.54) is 4.31 Å². The van der Waals surface area contributed by atoms with Gasteiger partial charge in [0, 0.05) is 6.54 Å². The number of carbonyl (C=O) groups is 1. The van der Waals surface area contributed by atoms with Gasteiger partial charge in [-0.25, -0.2) is 8.42 Å². The summed E-state index contributed by atoms with van der Waals surface area (Å²) in [5, 5.41) is 0. The summed E-state index contributed by atoms with van der Waals surface area (Å²) in [6.45, 7) is 9.01. The smallest absolute Gasteiger partial charge is 0.321 e. The van der Waals surface area contributed by atoms with Crippen LogP contribution in [0.4, 0.5) is 0 Å². The van der Waals surface area contributed by atoms with E-state index in [0.29, 0.717) is 5.75 Å². The highest BCUT2D eigenvalue weighted by Gasteiger charge is 2.32. The number of fused-ring (bicyclic) bond motifs is 1. The van der Waals surface area contributed by atoms with Crippen molar-refractivity contribution >= 4 is 16.0 Å². The lowest BCUT2D eigenvalue weighted by atomic mass is 9.94. The zero-order chi connectivity index (χ0) is 22.9. The maximum Gasteiger partial charge on any atom is 0.321 e. The van der Waals surface area contributed by atoms with E-state index in [0.717, 1.165) is 24.0 Å². The molecule has 168 valence electrons. The summed E-state index contributed by atoms with van der Waals surface area (Å²) >= 11 is 0. The lowest BCUT2D eigenvalue weighted by molar-refractivity contribution is -0.155. The molecule has 0 spiro atoms. The number of aryl methyl sites for hydroxylation is 1. The number of hydrogen-bond acceptors (Lipinski definition) is 5. The Bertz CT molecular complexity index is 1040. The standard InChI is InChI=1S/C24H31NO5S/c1-23(2,3)30-22(26)17-25(16-18-9-7-6-8-10-18)31(27,28)20-11-12-21-19(15-20)13-14-24(4,5)29-21/h6-12,15H,13-14,16-17H2,1-5H3. The second-order valence-corrected chi connectivity index (χ2v) is 11.4. The molecule has 31 heavy (non-hydrogen) atoms. The third kappa shape index (κ3) is 6.08. The van der Waals surface area contributed by atoms with E-state index in [9.17, 15) is 13.2 Å². The lowest BCUT2D eigenvalue weighted by Crippen LogP contribution is -2.38. The van der Waals surface area contributed by atoms with E-state index >= 15 is 0 Å². The molecule has 1 heterocycles. The number of ether oxygens (including phenoxy) is 2. The Morgan fingerprint density at radius 3 is 2.45 bits per heavy atom. The average Bonchev–Trinajstić information content (AvgIpc) is 2.65. The topological polar surface area (TPSA) is 72.9 Å². The summed E-state index contributed by atoms with van der Waals surface area (Å²) in [6, 6.07) is 14.1. The van der Waals surface area contributed by atoms with Gasteiger partial charge in [0.2, 0.25) is 10.0 Å². The number of hydrogen-bond donors (Lipinski definition) is 0. The van der Waals surface area contributed by atoms with Crippen LogP contribution in [-0.4, -0.2) is 36.4 Å². The predicted octanol–water partition coefficient (Wildman–Crippen LogP) is 4.32. The van der Waals surface area contributed by atoms with Gasteiger partial charge >= 0.3 is 5.97 Å². The highest BCUT2D eigenvalue weighted by atomic mass is 32.2. The molecule has 0 bridgehead atoms. The van der Waals surface area contributed by atoms with Crippen LogP contribution in [0, 0.1) is 0 Å². The van der Waals surface area contributed by atoms with E-state index in [1.54, 1.807) is 39.0 Å². The Morgan fingerprint density at radius 1 is 1.13 bits per heavy atom. The number of nitrogens with zero attached hydrogens (tertiary/aromatic N) is 1. The zero-order valence-corrected chi connectivity index (χ0v) is 19.7. The van der Waals surface area contributed by atoms with Crippen molar-refractivity contribution in [3.8, 4) is 5.75 Å². The van der Waals surface area contributed by atoms with Crippen LogP contribution in [0.25, 0.3) is 0 Å². The monoisotopic (exact) mass is 445 g/mol. The first-order chi connectivity index (χ1) is 14.4. The maximum atomic E-state index is 13.5. The fraction of sp³-hybridized carbons (Fsp3) is 0.458. The normalized spacial score (nSPS) is 15.8. The first-order valence-corrected chi connectivity index (χ1v) is 11.9. The van der Waals surface area contributed by atoms with Crippen molar-refractivity contribution in [2.75, 3.05) is 6.54 Å². The largest absolute Gasteiger partial charge is 0.488 e. The van der Waals surface area contributed by atoms with Crippen molar-refractivity contribution in [1.82, 2.24) is 4.31 Å². The molecule has 0 aliphatic carbocycles. The minimum Gasteiger partial charge on any atom is -0.488 e. The number of benzene rings is 2. The average molecular weight is 446 g/mol. The van der Waals surface area contributed by atoms with Crippen LogP contribution in [0.1, 0.15) is 52.2 Å². The molecular weight excluding hydrogens is 414 g/mol. The number of carbonyl (C=O) groups excluding carboxylic acids is 1. The van der Waals surface area contributed by atoms with Crippen LogP contribution in [0.15, 0.2) is 53.4 Å². The molecule has 0 amide bonds. The van der Waals surface area contributed by atoms with E-state index < -0.39 is 21.6 Å². The summed E-state index contributed by atoms with van der Waals surface area (Å²) in [5.41, 5.74) is 0.675. The maximum absolute atomic E-state index is 13.5. The fourth-order valence-electron chi connectivity index (χ4n) is 3.48. The third-order valence-corrected chi connectivity index (χ3v) is 6.77. The van der Waals surface area contributed by atoms with Gasteiger partial charge in [0.05, 0.1) is 4.90 Å². The molecule has 3 rings (SSSR count). The Morgan fingerprint density at radius 2 is 1.81 bits per heavy atom. The third-order valence-electron chi connectivity index (χ3n) is 4.98. The molecule has 0 atom stereocenters. The molecule has 7 heteroatoms. The highest BCUT2D eigenvalue weighted by molar-refractivity contribution is 7.89. The molecule has 1 aliphatic heterocycles. The Labute approximate surface area is 185 Å². The van der Waals surface area contributed by atoms with Crippen LogP contribution in [0.3, 0.4) is 0 Å². The van der Waals surface area contributed by atoms with Gasteiger partial charge in [-0.3, -0.25) is 4.79 Å². The lowest BCUT2D eigenvalue weighted by Gasteiger charge is -2.33. The Hall–Kier alpha value is -2.38. The number of sulfonamides is 1. The van der Waals surface area contributed by atoms with Crippen LogP contribution in [0.5, 0.6) is 5.75 Å². The molecule has 0 N–H and O–H groups in total. The molecular formula is C24H31NO5S. The van der Waals surface area contributed by atoms with Gasteiger partial charge in [-0.15, -0.1) is 0 Å². The second-order valence-electron chi connectivity index (χ2n) is 9.48. The van der Waals surface area contributed by atoms with Crippen molar-refractivity contribution in [1.29, 1.82) is 0 Å². The molecule has 1 aliphatic rings. The van der Waals surface area contributed by atoms with Gasteiger partial charge in [0.1, 0.15) is 23.5 Å².